The molecule has 1 atom stereocenters. The molecule has 0 aliphatic carbocycles. The van der Waals surface area contributed by atoms with Gasteiger partial charge in [0.05, 0.1) is 26.9 Å². The van der Waals surface area contributed by atoms with Crippen molar-refractivity contribution in [2.24, 2.45) is 0 Å². The van der Waals surface area contributed by atoms with Crippen LogP contribution in [0.25, 0.3) is 0 Å². The summed E-state index contributed by atoms with van der Waals surface area (Å²) >= 11 is 0. The maximum atomic E-state index is 15.1. The molecule has 1 N–H and O–H groups in total. The number of hydrogen-bond acceptors (Lipinski definition) is 4. The molecule has 2 aromatic carbocycles. The number of nitrogens with zero attached hydrogens (tertiary/aromatic N) is 2. The molecule has 2 fully saturated rings. The number of anilines is 2. The van der Waals surface area contributed by atoms with Gasteiger partial charge < -0.3 is 15.0 Å². The first-order valence-corrected chi connectivity index (χ1v) is 14.3. The van der Waals surface area contributed by atoms with Crippen LogP contribution in [0.1, 0.15) is 13.3 Å². The van der Waals surface area contributed by atoms with Crippen LogP contribution in [0.5, 0.6) is 0 Å². The Balaban J connectivity index is 1.45. The van der Waals surface area contributed by atoms with Gasteiger partial charge in [-0.1, -0.05) is 49.0 Å². The van der Waals surface area contributed by atoms with Gasteiger partial charge in [0.2, 0.25) is 5.91 Å². The molecule has 6 nitrogen and oxygen atoms in total. The molecule has 0 radical (unpaired) electrons. The van der Waals surface area contributed by atoms with E-state index >= 15 is 8.78 Å². The summed E-state index contributed by atoms with van der Waals surface area (Å²) in [6, 6.07) is 14.6. The Labute approximate surface area is 193 Å². The number of ether oxygens (including phenoxy) is 1. The Morgan fingerprint density at radius 2 is 1.79 bits per heavy atom. The quantitative estimate of drug-likeness (QED) is 0.651. The molecule has 4 rings (SSSR count). The number of nitrogens with one attached hydrogen (secondary N) is 1. The number of rotatable bonds is 6. The minimum Gasteiger partial charge on any atom is -0.442 e. The average molecular weight is 474 g/mol. The van der Waals surface area contributed by atoms with Gasteiger partial charge in [-0.05, 0) is 12.1 Å². The maximum absolute atomic E-state index is 15.1. The Hall–Kier alpha value is -2.94. The third-order valence-corrected chi connectivity index (χ3v) is 11.1. The van der Waals surface area contributed by atoms with Gasteiger partial charge in [-0.3, -0.25) is 9.69 Å². The summed E-state index contributed by atoms with van der Waals surface area (Å²) in [7, 11) is -1.68. The van der Waals surface area contributed by atoms with Crippen molar-refractivity contribution in [2.75, 3.05) is 36.0 Å². The molecule has 2 amide bonds. The zero-order chi connectivity index (χ0) is 23.6. The summed E-state index contributed by atoms with van der Waals surface area (Å²) in [5.41, 5.74) is 0.0748. The number of benzene rings is 2. The highest BCUT2D eigenvalue weighted by atomic mass is 28.3. The van der Waals surface area contributed by atoms with Crippen LogP contribution in [0.15, 0.2) is 42.5 Å². The number of cyclic esters (lactones) is 1. The van der Waals surface area contributed by atoms with Crippen LogP contribution >= 0.6 is 0 Å². The topological polar surface area (TPSA) is 61.9 Å². The van der Waals surface area contributed by atoms with Gasteiger partial charge in [-0.25, -0.2) is 13.6 Å². The van der Waals surface area contributed by atoms with Gasteiger partial charge in [0, 0.05) is 31.6 Å². The number of halogens is 2. The highest BCUT2D eigenvalue weighted by Gasteiger charge is 2.37. The van der Waals surface area contributed by atoms with E-state index in [9.17, 15) is 9.59 Å². The van der Waals surface area contributed by atoms with Crippen molar-refractivity contribution >= 4 is 36.6 Å². The third-order valence-electron chi connectivity index (χ3n) is 6.69. The lowest BCUT2D eigenvalue weighted by atomic mass is 10.2. The second kappa shape index (κ2) is 9.50. The van der Waals surface area contributed by atoms with Crippen molar-refractivity contribution in [3.05, 3.63) is 54.1 Å². The van der Waals surface area contributed by atoms with Crippen LogP contribution in [0, 0.1) is 11.6 Å². The van der Waals surface area contributed by atoms with E-state index in [1.807, 2.05) is 18.2 Å². The smallest absolute Gasteiger partial charge is 0.414 e. The summed E-state index contributed by atoms with van der Waals surface area (Å²) in [5.74, 6) is -1.53. The SMILES string of the molecule is CCC(=O)NCC1CN(c2cc(F)c(N3CC[Si](C)(c4ccccc4)CC3)c(F)c2)C(=O)O1. The molecular weight excluding hydrogens is 444 g/mol. The Kier molecular flexibility index (Phi) is 6.69. The summed E-state index contributed by atoms with van der Waals surface area (Å²) in [4.78, 5) is 26.7. The molecule has 1 unspecified atom stereocenters. The normalized spacial score (nSPS) is 20.0. The lowest BCUT2D eigenvalue weighted by Gasteiger charge is -2.39. The lowest BCUT2D eigenvalue weighted by Crippen LogP contribution is -2.53. The first-order chi connectivity index (χ1) is 15.8. The van der Waals surface area contributed by atoms with Crippen molar-refractivity contribution in [2.45, 2.75) is 38.1 Å². The van der Waals surface area contributed by atoms with E-state index < -0.39 is 31.9 Å². The number of hydrogen-bond donors (Lipinski definition) is 1. The van der Waals surface area contributed by atoms with Crippen LogP contribution in [-0.2, 0) is 9.53 Å². The maximum Gasteiger partial charge on any atom is 0.414 e. The van der Waals surface area contributed by atoms with Crippen molar-refractivity contribution in [1.29, 1.82) is 0 Å². The van der Waals surface area contributed by atoms with Crippen LogP contribution in [0.3, 0.4) is 0 Å². The minimum atomic E-state index is -1.68. The number of carbonyl (C=O) groups is 2. The van der Waals surface area contributed by atoms with E-state index in [2.05, 4.69) is 24.0 Å². The summed E-state index contributed by atoms with van der Waals surface area (Å²) in [5, 5.41) is 4.04. The molecule has 9 heteroatoms. The van der Waals surface area contributed by atoms with Gasteiger partial charge in [0.25, 0.3) is 0 Å². The molecule has 2 heterocycles. The fourth-order valence-electron chi connectivity index (χ4n) is 4.55. The third kappa shape index (κ3) is 4.87. The Morgan fingerprint density at radius 1 is 1.15 bits per heavy atom. The largest absolute Gasteiger partial charge is 0.442 e. The fourth-order valence-corrected chi connectivity index (χ4v) is 7.91. The van der Waals surface area contributed by atoms with E-state index in [-0.39, 0.29) is 30.4 Å². The molecule has 0 bridgehead atoms. The zero-order valence-corrected chi connectivity index (χ0v) is 19.9. The van der Waals surface area contributed by atoms with Gasteiger partial charge in [0.15, 0.2) is 11.6 Å². The van der Waals surface area contributed by atoms with Gasteiger partial charge in [-0.15, -0.1) is 0 Å². The van der Waals surface area contributed by atoms with Crippen molar-refractivity contribution in [1.82, 2.24) is 5.32 Å². The Bertz CT molecular complexity index is 1010. The van der Waals surface area contributed by atoms with Crippen LogP contribution in [0.4, 0.5) is 25.0 Å². The highest BCUT2D eigenvalue weighted by Crippen LogP contribution is 2.34. The van der Waals surface area contributed by atoms with Crippen molar-refractivity contribution in [3.8, 4) is 0 Å². The molecule has 0 aromatic heterocycles. The lowest BCUT2D eigenvalue weighted by molar-refractivity contribution is -0.121. The Morgan fingerprint density at radius 3 is 2.39 bits per heavy atom. The fraction of sp³-hybridized carbons (Fsp3) is 0.417. The molecule has 2 aromatic rings. The summed E-state index contributed by atoms with van der Waals surface area (Å²) in [6.45, 7) is 5.52. The first kappa shape index (κ1) is 23.2. The van der Waals surface area contributed by atoms with Gasteiger partial charge in [-0.2, -0.15) is 0 Å². The van der Waals surface area contributed by atoms with Crippen molar-refractivity contribution in [3.63, 3.8) is 0 Å². The second-order valence-corrected chi connectivity index (χ2v) is 13.6. The molecule has 33 heavy (non-hydrogen) atoms. The molecule has 0 spiro atoms. The monoisotopic (exact) mass is 473 g/mol. The van der Waals surface area contributed by atoms with E-state index in [0.29, 0.717) is 19.5 Å². The molecule has 2 saturated heterocycles. The molecule has 176 valence electrons. The number of amides is 2. The van der Waals surface area contributed by atoms with Gasteiger partial charge >= 0.3 is 6.09 Å². The van der Waals surface area contributed by atoms with Crippen LogP contribution < -0.4 is 20.3 Å². The predicted octanol–water partition coefficient (Wildman–Crippen LogP) is 3.62. The predicted molar refractivity (Wildman–Crippen MR) is 127 cm³/mol. The summed E-state index contributed by atoms with van der Waals surface area (Å²) in [6.07, 6.45) is -0.924. The highest BCUT2D eigenvalue weighted by molar-refractivity contribution is 6.91. The van der Waals surface area contributed by atoms with Crippen LogP contribution in [-0.4, -0.2) is 52.4 Å². The molecule has 2 aliphatic rings. The summed E-state index contributed by atoms with van der Waals surface area (Å²) < 4.78 is 35.4. The molecule has 0 saturated carbocycles. The minimum absolute atomic E-state index is 0.0396. The molecular formula is C24H29F2N3O3Si. The standard InChI is InChI=1S/C24H29F2N3O3Si/c1-3-22(30)27-15-18-16-29(24(31)32-18)17-13-20(25)23(21(26)14-17)28-9-11-33(2,12-10-28)19-7-5-4-6-8-19/h4-8,13-14,18H,3,9-12,15-16H2,1-2H3,(H,27,30). The molecule has 2 aliphatic heterocycles. The van der Waals surface area contributed by atoms with E-state index in [0.717, 1.165) is 12.1 Å². The van der Waals surface area contributed by atoms with Crippen molar-refractivity contribution < 1.29 is 23.1 Å². The first-order valence-electron chi connectivity index (χ1n) is 11.3. The number of carbonyl (C=O) groups excluding carboxylic acids is 2. The van der Waals surface area contributed by atoms with E-state index in [1.54, 1.807) is 11.8 Å². The van der Waals surface area contributed by atoms with Crippen LogP contribution in [0.2, 0.25) is 18.6 Å². The average Bonchev–Trinajstić information content (AvgIpc) is 3.19. The zero-order valence-electron chi connectivity index (χ0n) is 18.9. The van der Waals surface area contributed by atoms with Gasteiger partial charge in [0.1, 0.15) is 11.8 Å². The van der Waals surface area contributed by atoms with E-state index in [1.165, 1.54) is 22.2 Å². The second-order valence-electron chi connectivity index (χ2n) is 8.95. The van der Waals surface area contributed by atoms with E-state index in [4.69, 9.17) is 4.74 Å².